The topological polar surface area (TPSA) is 72.6 Å². The molecule has 5 heteroatoms. The third kappa shape index (κ3) is 2.34. The van der Waals surface area contributed by atoms with E-state index in [9.17, 15) is 9.90 Å². The van der Waals surface area contributed by atoms with Gasteiger partial charge >= 0.3 is 5.97 Å². The van der Waals surface area contributed by atoms with Gasteiger partial charge in [-0.2, -0.15) is 0 Å². The summed E-state index contributed by atoms with van der Waals surface area (Å²) in [7, 11) is 0. The zero-order chi connectivity index (χ0) is 12.5. The zero-order valence-electron chi connectivity index (χ0n) is 10.1. The van der Waals surface area contributed by atoms with Gasteiger partial charge in [-0.05, 0) is 18.8 Å². The molecule has 2 rings (SSSR count). The Morgan fingerprint density at radius 2 is 2.41 bits per heavy atom. The standard InChI is InChI=1S/C12H17NO4/c1-8(2)10-6-9(17-13-10)7-12(11(14)15)4-3-5-16-12/h6,8H,3-5,7H2,1-2H3,(H,14,15)/t12-/m1/s1. The fourth-order valence-corrected chi connectivity index (χ4v) is 2.05. The minimum Gasteiger partial charge on any atom is -0.479 e. The van der Waals surface area contributed by atoms with E-state index in [1.807, 2.05) is 19.9 Å². The third-order valence-corrected chi connectivity index (χ3v) is 3.12. The van der Waals surface area contributed by atoms with Gasteiger partial charge in [0, 0.05) is 19.1 Å². The van der Waals surface area contributed by atoms with Crippen LogP contribution < -0.4 is 0 Å². The van der Waals surface area contributed by atoms with E-state index in [0.29, 0.717) is 18.8 Å². The molecule has 17 heavy (non-hydrogen) atoms. The monoisotopic (exact) mass is 239 g/mol. The molecule has 1 N–H and O–H groups in total. The first-order chi connectivity index (χ1) is 8.03. The van der Waals surface area contributed by atoms with Crippen molar-refractivity contribution in [2.45, 2.75) is 44.6 Å². The summed E-state index contributed by atoms with van der Waals surface area (Å²) >= 11 is 0. The van der Waals surface area contributed by atoms with Crippen LogP contribution in [0.1, 0.15) is 44.1 Å². The molecule has 1 aromatic heterocycles. The first-order valence-electron chi connectivity index (χ1n) is 5.86. The van der Waals surface area contributed by atoms with Crippen molar-refractivity contribution in [3.05, 3.63) is 17.5 Å². The van der Waals surface area contributed by atoms with E-state index in [0.717, 1.165) is 12.1 Å². The van der Waals surface area contributed by atoms with Crippen LogP contribution in [-0.4, -0.2) is 28.4 Å². The maximum absolute atomic E-state index is 11.3. The molecule has 1 fully saturated rings. The molecule has 0 bridgehead atoms. The minimum absolute atomic E-state index is 0.252. The molecular formula is C12H17NO4. The van der Waals surface area contributed by atoms with Gasteiger partial charge in [0.05, 0.1) is 5.69 Å². The molecule has 1 saturated heterocycles. The average molecular weight is 239 g/mol. The van der Waals surface area contributed by atoms with Gasteiger partial charge < -0.3 is 14.4 Å². The summed E-state index contributed by atoms with van der Waals surface area (Å²) in [5.41, 5.74) is -0.271. The highest BCUT2D eigenvalue weighted by atomic mass is 16.5. The highest BCUT2D eigenvalue weighted by Gasteiger charge is 2.44. The van der Waals surface area contributed by atoms with E-state index in [2.05, 4.69) is 5.16 Å². The highest BCUT2D eigenvalue weighted by molar-refractivity contribution is 5.78. The molecule has 0 amide bonds. The number of carboxylic acid groups (broad SMARTS) is 1. The summed E-state index contributed by atoms with van der Waals surface area (Å²) in [6.07, 6.45) is 1.56. The van der Waals surface area contributed by atoms with Gasteiger partial charge in [0.25, 0.3) is 0 Å². The fourth-order valence-electron chi connectivity index (χ4n) is 2.05. The molecule has 0 saturated carbocycles. The van der Waals surface area contributed by atoms with E-state index in [4.69, 9.17) is 9.26 Å². The van der Waals surface area contributed by atoms with Gasteiger partial charge in [-0.25, -0.2) is 4.79 Å². The van der Waals surface area contributed by atoms with Crippen LogP contribution >= 0.6 is 0 Å². The summed E-state index contributed by atoms with van der Waals surface area (Å²) in [5.74, 6) is -0.0618. The van der Waals surface area contributed by atoms with Crippen molar-refractivity contribution in [2.24, 2.45) is 0 Å². The van der Waals surface area contributed by atoms with Crippen molar-refractivity contribution < 1.29 is 19.2 Å². The summed E-state index contributed by atoms with van der Waals surface area (Å²) < 4.78 is 10.6. The maximum Gasteiger partial charge on any atom is 0.336 e. The van der Waals surface area contributed by atoms with E-state index < -0.39 is 11.6 Å². The van der Waals surface area contributed by atoms with E-state index >= 15 is 0 Å². The van der Waals surface area contributed by atoms with Crippen LogP contribution in [0.3, 0.4) is 0 Å². The van der Waals surface area contributed by atoms with Crippen molar-refractivity contribution in [2.75, 3.05) is 6.61 Å². The molecular weight excluding hydrogens is 222 g/mol. The van der Waals surface area contributed by atoms with Gasteiger partial charge in [0.15, 0.2) is 5.60 Å². The van der Waals surface area contributed by atoms with Crippen molar-refractivity contribution in [3.8, 4) is 0 Å². The highest BCUT2D eigenvalue weighted by Crippen LogP contribution is 2.30. The largest absolute Gasteiger partial charge is 0.479 e. The van der Waals surface area contributed by atoms with Gasteiger partial charge in [-0.1, -0.05) is 19.0 Å². The van der Waals surface area contributed by atoms with Gasteiger partial charge in [0.2, 0.25) is 0 Å². The SMILES string of the molecule is CC(C)c1cc(C[C@@]2(C(=O)O)CCCO2)on1. The third-order valence-electron chi connectivity index (χ3n) is 3.12. The van der Waals surface area contributed by atoms with E-state index in [1.54, 1.807) is 0 Å². The smallest absolute Gasteiger partial charge is 0.336 e. The molecule has 1 atom stereocenters. The first kappa shape index (κ1) is 12.1. The lowest BCUT2D eigenvalue weighted by molar-refractivity contribution is -0.160. The van der Waals surface area contributed by atoms with Crippen LogP contribution in [0, 0.1) is 0 Å². The summed E-state index contributed by atoms with van der Waals surface area (Å²) in [6.45, 7) is 4.53. The fraction of sp³-hybridized carbons (Fsp3) is 0.667. The number of carbonyl (C=O) groups is 1. The van der Waals surface area contributed by atoms with E-state index in [-0.39, 0.29) is 12.3 Å². The summed E-state index contributed by atoms with van der Waals surface area (Å²) in [6, 6.07) is 1.82. The Bertz CT molecular complexity index is 404. The molecule has 1 aliphatic heterocycles. The molecule has 94 valence electrons. The van der Waals surface area contributed by atoms with Crippen molar-refractivity contribution in [3.63, 3.8) is 0 Å². The number of hydrogen-bond acceptors (Lipinski definition) is 4. The van der Waals surface area contributed by atoms with Crippen LogP contribution in [0.25, 0.3) is 0 Å². The molecule has 5 nitrogen and oxygen atoms in total. The average Bonchev–Trinajstić information content (AvgIpc) is 2.88. The first-order valence-corrected chi connectivity index (χ1v) is 5.86. The number of rotatable bonds is 4. The quantitative estimate of drug-likeness (QED) is 0.869. The maximum atomic E-state index is 11.3. The Morgan fingerprint density at radius 1 is 1.65 bits per heavy atom. The van der Waals surface area contributed by atoms with E-state index in [1.165, 1.54) is 0 Å². The van der Waals surface area contributed by atoms with Gasteiger partial charge in [0.1, 0.15) is 5.76 Å². The normalized spacial score (nSPS) is 24.4. The Balaban J connectivity index is 2.15. The lowest BCUT2D eigenvalue weighted by atomic mass is 9.94. The Kier molecular flexibility index (Phi) is 3.19. The van der Waals surface area contributed by atoms with Gasteiger partial charge in [-0.3, -0.25) is 0 Å². The summed E-state index contributed by atoms with van der Waals surface area (Å²) in [5, 5.41) is 13.2. The lowest BCUT2D eigenvalue weighted by Gasteiger charge is -2.21. The Morgan fingerprint density at radius 3 is 2.88 bits per heavy atom. The number of aromatic nitrogens is 1. The molecule has 0 unspecified atom stereocenters. The minimum atomic E-state index is -1.12. The molecule has 0 radical (unpaired) electrons. The number of aliphatic carboxylic acids is 1. The Hall–Kier alpha value is -1.36. The predicted octanol–water partition coefficient (Wildman–Crippen LogP) is 1.97. The van der Waals surface area contributed by atoms with Crippen molar-refractivity contribution in [1.29, 1.82) is 0 Å². The molecule has 0 aliphatic carbocycles. The second kappa shape index (κ2) is 4.49. The number of nitrogens with zero attached hydrogens (tertiary/aromatic N) is 1. The second-order valence-electron chi connectivity index (χ2n) is 4.80. The lowest BCUT2D eigenvalue weighted by Crippen LogP contribution is -2.40. The summed E-state index contributed by atoms with van der Waals surface area (Å²) in [4.78, 5) is 11.3. The predicted molar refractivity (Wildman–Crippen MR) is 59.8 cm³/mol. The molecule has 0 spiro atoms. The second-order valence-corrected chi connectivity index (χ2v) is 4.80. The number of carboxylic acids is 1. The van der Waals surface area contributed by atoms with Crippen molar-refractivity contribution in [1.82, 2.24) is 5.16 Å². The van der Waals surface area contributed by atoms with Crippen LogP contribution in [0.15, 0.2) is 10.6 Å². The molecule has 1 aliphatic rings. The van der Waals surface area contributed by atoms with Gasteiger partial charge in [-0.15, -0.1) is 0 Å². The van der Waals surface area contributed by atoms with Crippen LogP contribution in [0.2, 0.25) is 0 Å². The molecule has 1 aromatic rings. The van der Waals surface area contributed by atoms with Crippen molar-refractivity contribution >= 4 is 5.97 Å². The van der Waals surface area contributed by atoms with Crippen LogP contribution in [0.4, 0.5) is 0 Å². The zero-order valence-corrected chi connectivity index (χ0v) is 10.1. The van der Waals surface area contributed by atoms with Crippen LogP contribution in [-0.2, 0) is 16.0 Å². The molecule has 0 aromatic carbocycles. The number of ether oxygens (including phenoxy) is 1. The molecule has 2 heterocycles. The number of hydrogen-bond donors (Lipinski definition) is 1. The van der Waals surface area contributed by atoms with Crippen LogP contribution in [0.5, 0.6) is 0 Å². The Labute approximate surface area is 99.7 Å².